The number of carbonyl (C=O) groups is 4. The van der Waals surface area contributed by atoms with E-state index in [2.05, 4.69) is 0 Å². The molecule has 3 amide bonds. The summed E-state index contributed by atoms with van der Waals surface area (Å²) in [5.41, 5.74) is 0.964. The molecule has 2 saturated heterocycles. The Morgan fingerprint density at radius 3 is 2.55 bits per heavy atom. The van der Waals surface area contributed by atoms with E-state index in [0.29, 0.717) is 4.91 Å². The largest absolute Gasteiger partial charge is 0.480 e. The van der Waals surface area contributed by atoms with Crippen molar-refractivity contribution < 1.29 is 24.3 Å². The van der Waals surface area contributed by atoms with Gasteiger partial charge in [0.05, 0.1) is 11.3 Å². The molecule has 0 radical (unpaired) electrons. The molecule has 1 N–H and O–H groups in total. The molecule has 2 aliphatic rings. The van der Waals surface area contributed by atoms with Gasteiger partial charge >= 0.3 is 5.97 Å². The van der Waals surface area contributed by atoms with Crippen LogP contribution in [0.15, 0.2) is 47.4 Å². The number of aliphatic carboxylic acids is 1. The highest BCUT2D eigenvalue weighted by molar-refractivity contribution is 8.26. The zero-order chi connectivity index (χ0) is 22.7. The van der Waals surface area contributed by atoms with Crippen molar-refractivity contribution >= 4 is 58.1 Å². The fraction of sp³-hybridized carbons (Fsp3) is 0.318. The van der Waals surface area contributed by atoms with E-state index >= 15 is 0 Å². The number of benzene rings is 1. The Labute approximate surface area is 189 Å². The van der Waals surface area contributed by atoms with Gasteiger partial charge in [0.2, 0.25) is 5.91 Å². The number of imide groups is 1. The third kappa shape index (κ3) is 4.94. The molecule has 162 valence electrons. The second kappa shape index (κ2) is 9.57. The average molecular weight is 459 g/mol. The van der Waals surface area contributed by atoms with Crippen molar-refractivity contribution in [2.75, 3.05) is 0 Å². The first kappa shape index (κ1) is 22.9. The average Bonchev–Trinajstić information content (AvgIpc) is 3.15. The van der Waals surface area contributed by atoms with Crippen LogP contribution >= 0.6 is 24.0 Å². The van der Waals surface area contributed by atoms with E-state index in [4.69, 9.17) is 12.2 Å². The van der Waals surface area contributed by atoms with Crippen molar-refractivity contribution in [1.29, 1.82) is 0 Å². The van der Waals surface area contributed by atoms with Crippen molar-refractivity contribution in [3.05, 3.63) is 53.0 Å². The number of allylic oxidation sites excluding steroid dienone is 2. The maximum absolute atomic E-state index is 13.0. The van der Waals surface area contributed by atoms with Crippen LogP contribution in [0.1, 0.15) is 32.3 Å². The molecule has 0 saturated carbocycles. The molecule has 2 aliphatic heterocycles. The molecule has 2 atom stereocenters. The van der Waals surface area contributed by atoms with Crippen LogP contribution in [0.2, 0.25) is 0 Å². The molecule has 2 fully saturated rings. The molecule has 2 heterocycles. The molecule has 0 aliphatic carbocycles. The Balaban J connectivity index is 1.79. The van der Waals surface area contributed by atoms with Crippen LogP contribution in [0, 0.1) is 5.92 Å². The minimum Gasteiger partial charge on any atom is -0.480 e. The van der Waals surface area contributed by atoms with E-state index in [9.17, 15) is 24.3 Å². The summed E-state index contributed by atoms with van der Waals surface area (Å²) >= 11 is 6.35. The van der Waals surface area contributed by atoms with Crippen molar-refractivity contribution in [3.63, 3.8) is 0 Å². The first-order valence-corrected chi connectivity index (χ1v) is 11.0. The molecule has 9 heteroatoms. The molecule has 3 rings (SSSR count). The van der Waals surface area contributed by atoms with Gasteiger partial charge in [-0.05, 0) is 24.0 Å². The monoisotopic (exact) mass is 458 g/mol. The zero-order valence-electron chi connectivity index (χ0n) is 17.1. The van der Waals surface area contributed by atoms with Gasteiger partial charge in [-0.15, -0.1) is 0 Å². The van der Waals surface area contributed by atoms with Gasteiger partial charge in [0, 0.05) is 0 Å². The number of amides is 3. The summed E-state index contributed by atoms with van der Waals surface area (Å²) in [5.74, 6) is -3.04. The summed E-state index contributed by atoms with van der Waals surface area (Å²) in [6.45, 7) is 3.63. The van der Waals surface area contributed by atoms with Gasteiger partial charge in [-0.25, -0.2) is 4.79 Å². The highest BCUT2D eigenvalue weighted by atomic mass is 32.2. The summed E-state index contributed by atoms with van der Waals surface area (Å²) in [6, 6.07) is 7.17. The minimum atomic E-state index is -1.26. The van der Waals surface area contributed by atoms with Crippen LogP contribution in [-0.2, 0) is 19.2 Å². The fourth-order valence-corrected chi connectivity index (χ4v) is 4.81. The van der Waals surface area contributed by atoms with Crippen molar-refractivity contribution in [2.45, 2.75) is 38.8 Å². The van der Waals surface area contributed by atoms with E-state index in [1.807, 2.05) is 50.3 Å². The topological polar surface area (TPSA) is 95.0 Å². The lowest BCUT2D eigenvalue weighted by molar-refractivity contribution is -0.155. The van der Waals surface area contributed by atoms with Gasteiger partial charge in [-0.3, -0.25) is 24.2 Å². The van der Waals surface area contributed by atoms with Crippen LogP contribution in [0.4, 0.5) is 0 Å². The van der Waals surface area contributed by atoms with Crippen molar-refractivity contribution in [1.82, 2.24) is 9.80 Å². The predicted molar refractivity (Wildman–Crippen MR) is 122 cm³/mol. The zero-order valence-corrected chi connectivity index (χ0v) is 18.7. The lowest BCUT2D eigenvalue weighted by atomic mass is 10.0. The molecule has 0 unspecified atom stereocenters. The molecule has 31 heavy (non-hydrogen) atoms. The Hall–Kier alpha value is -2.78. The Bertz CT molecular complexity index is 987. The molecule has 0 spiro atoms. The number of carboxylic acids is 1. The number of hydrogen-bond donors (Lipinski definition) is 1. The highest BCUT2D eigenvalue weighted by Gasteiger charge is 2.51. The number of carbonyl (C=O) groups excluding carboxylic acids is 3. The standard InChI is InChI=1S/C22H22N2O5S2/c1-13(2)11-16(21(28)29)23-18(25)12-15(19(23)26)24-20(27)17(31-22(24)30)10-6-9-14-7-4-3-5-8-14/h3-10,13,15-16H,11-12H2,1-2H3,(H,28,29)/b9-6+,17-10-/t15-,16-/m1/s1. The van der Waals surface area contributed by atoms with Gasteiger partial charge in [0.1, 0.15) is 16.4 Å². The molecule has 0 aromatic heterocycles. The molecule has 7 nitrogen and oxygen atoms in total. The fourth-order valence-electron chi connectivity index (χ4n) is 3.50. The summed E-state index contributed by atoms with van der Waals surface area (Å²) in [6.07, 6.45) is 5.03. The predicted octanol–water partition coefficient (Wildman–Crippen LogP) is 3.07. The Kier molecular flexibility index (Phi) is 7.07. The number of likely N-dealkylation sites (tertiary alicyclic amines) is 1. The van der Waals surface area contributed by atoms with Crippen LogP contribution in [-0.4, -0.2) is 55.0 Å². The van der Waals surface area contributed by atoms with E-state index in [1.54, 1.807) is 12.2 Å². The lowest BCUT2D eigenvalue weighted by Crippen LogP contribution is -2.49. The minimum absolute atomic E-state index is 0.0308. The Morgan fingerprint density at radius 1 is 1.26 bits per heavy atom. The van der Waals surface area contributed by atoms with E-state index in [-0.39, 0.29) is 23.1 Å². The second-order valence-electron chi connectivity index (χ2n) is 7.65. The summed E-state index contributed by atoms with van der Waals surface area (Å²) < 4.78 is 0.174. The van der Waals surface area contributed by atoms with Crippen LogP contribution in [0.25, 0.3) is 6.08 Å². The molecule has 1 aromatic carbocycles. The van der Waals surface area contributed by atoms with Gasteiger partial charge in [0.25, 0.3) is 11.8 Å². The van der Waals surface area contributed by atoms with Crippen LogP contribution in [0.5, 0.6) is 0 Å². The molecular weight excluding hydrogens is 436 g/mol. The quantitative estimate of drug-likeness (QED) is 0.381. The molecule has 0 bridgehead atoms. The number of thiocarbonyl (C=S) groups is 1. The summed E-state index contributed by atoms with van der Waals surface area (Å²) in [7, 11) is 0. The number of rotatable bonds is 7. The van der Waals surface area contributed by atoms with Gasteiger partial charge < -0.3 is 5.11 Å². The smallest absolute Gasteiger partial charge is 0.326 e. The second-order valence-corrected chi connectivity index (χ2v) is 9.33. The third-order valence-corrected chi connectivity index (χ3v) is 6.27. The lowest BCUT2D eigenvalue weighted by Gasteiger charge is -2.26. The summed E-state index contributed by atoms with van der Waals surface area (Å²) in [4.78, 5) is 52.3. The Morgan fingerprint density at radius 2 is 1.94 bits per heavy atom. The van der Waals surface area contributed by atoms with E-state index < -0.39 is 35.8 Å². The number of carboxylic acid groups (broad SMARTS) is 1. The molecular formula is C22H22N2O5S2. The summed E-state index contributed by atoms with van der Waals surface area (Å²) in [5, 5.41) is 9.53. The van der Waals surface area contributed by atoms with Gasteiger partial charge in [-0.1, -0.05) is 80.3 Å². The normalized spacial score (nSPS) is 21.9. The third-order valence-electron chi connectivity index (χ3n) is 4.92. The van der Waals surface area contributed by atoms with Crippen LogP contribution in [0.3, 0.4) is 0 Å². The van der Waals surface area contributed by atoms with Gasteiger partial charge in [0.15, 0.2) is 0 Å². The van der Waals surface area contributed by atoms with Crippen molar-refractivity contribution in [2.24, 2.45) is 5.92 Å². The first-order chi connectivity index (χ1) is 14.7. The molecule has 1 aromatic rings. The highest BCUT2D eigenvalue weighted by Crippen LogP contribution is 2.36. The van der Waals surface area contributed by atoms with Crippen molar-refractivity contribution in [3.8, 4) is 0 Å². The van der Waals surface area contributed by atoms with E-state index in [1.165, 1.54) is 0 Å². The van der Waals surface area contributed by atoms with Gasteiger partial charge in [-0.2, -0.15) is 0 Å². The van der Waals surface area contributed by atoms with E-state index in [0.717, 1.165) is 27.1 Å². The number of thioether (sulfide) groups is 1. The van der Waals surface area contributed by atoms with Crippen LogP contribution < -0.4 is 0 Å². The maximum Gasteiger partial charge on any atom is 0.326 e. The SMILES string of the molecule is CC(C)C[C@H](C(=O)O)N1C(=O)C[C@@H](N2C(=O)/C(=C/C=C/c3ccccc3)SC2=S)C1=O. The maximum atomic E-state index is 13.0. The first-order valence-electron chi connectivity index (χ1n) is 9.78. The number of hydrogen-bond acceptors (Lipinski definition) is 6. The number of nitrogens with zero attached hydrogens (tertiary/aromatic N) is 2.